The first kappa shape index (κ1) is 15.9. The fourth-order valence-corrected chi connectivity index (χ4v) is 3.09. The molecule has 0 aliphatic carbocycles. The van der Waals surface area contributed by atoms with E-state index in [4.69, 9.17) is 4.74 Å². The fourth-order valence-electron chi connectivity index (χ4n) is 2.15. The van der Waals surface area contributed by atoms with Crippen LogP contribution in [0.4, 0.5) is 8.78 Å². The minimum absolute atomic E-state index is 0.293. The summed E-state index contributed by atoms with van der Waals surface area (Å²) in [6.07, 6.45) is 0.931. The lowest BCUT2D eigenvalue weighted by Gasteiger charge is -2.19. The molecule has 0 aliphatic rings. The molecular formula is C16H19F2NOS. The summed E-state index contributed by atoms with van der Waals surface area (Å²) in [6, 6.07) is 4.12. The number of hydrogen-bond acceptors (Lipinski definition) is 3. The van der Waals surface area contributed by atoms with E-state index < -0.39 is 11.6 Å². The topological polar surface area (TPSA) is 21.3 Å². The van der Waals surface area contributed by atoms with Crippen LogP contribution in [0.15, 0.2) is 23.6 Å². The molecule has 0 spiro atoms. The van der Waals surface area contributed by atoms with Crippen molar-refractivity contribution in [3.63, 3.8) is 0 Å². The number of ether oxygens (including phenoxy) is 1. The van der Waals surface area contributed by atoms with Gasteiger partial charge in [0.05, 0.1) is 13.2 Å². The molecule has 1 aromatic heterocycles. The highest BCUT2D eigenvalue weighted by atomic mass is 32.1. The summed E-state index contributed by atoms with van der Waals surface area (Å²) in [5, 5.41) is 5.20. The van der Waals surface area contributed by atoms with Gasteiger partial charge in [0.25, 0.3) is 0 Å². The second kappa shape index (κ2) is 7.00. The zero-order valence-corrected chi connectivity index (χ0v) is 13.2. The van der Waals surface area contributed by atoms with Gasteiger partial charge in [-0.25, -0.2) is 8.78 Å². The molecular weight excluding hydrogens is 292 g/mol. The number of aryl methyl sites for hydroxylation is 1. The van der Waals surface area contributed by atoms with Crippen LogP contribution in [-0.2, 0) is 0 Å². The summed E-state index contributed by atoms with van der Waals surface area (Å²) in [4.78, 5) is 0.949. The van der Waals surface area contributed by atoms with E-state index in [9.17, 15) is 8.78 Å². The highest BCUT2D eigenvalue weighted by molar-refractivity contribution is 7.10. The largest absolute Gasteiger partial charge is 0.496 e. The maximum absolute atomic E-state index is 14.2. The highest BCUT2D eigenvalue weighted by Crippen LogP contribution is 2.33. The van der Waals surface area contributed by atoms with E-state index in [0.717, 1.165) is 29.7 Å². The molecule has 1 aromatic carbocycles. The Morgan fingerprint density at radius 1 is 1.24 bits per heavy atom. The Kier molecular flexibility index (Phi) is 5.31. The quantitative estimate of drug-likeness (QED) is 0.852. The summed E-state index contributed by atoms with van der Waals surface area (Å²) in [6.45, 7) is 4.44. The van der Waals surface area contributed by atoms with Gasteiger partial charge in [-0.3, -0.25) is 0 Å². The zero-order chi connectivity index (χ0) is 15.4. The number of benzene rings is 1. The van der Waals surface area contributed by atoms with E-state index >= 15 is 0 Å². The Morgan fingerprint density at radius 3 is 2.62 bits per heavy atom. The average Bonchev–Trinajstić information content (AvgIpc) is 2.93. The maximum Gasteiger partial charge on any atom is 0.131 e. The third-order valence-corrected chi connectivity index (χ3v) is 4.28. The van der Waals surface area contributed by atoms with Crippen molar-refractivity contribution in [3.8, 4) is 5.75 Å². The molecule has 5 heteroatoms. The van der Waals surface area contributed by atoms with Crippen molar-refractivity contribution in [1.29, 1.82) is 0 Å². The molecule has 21 heavy (non-hydrogen) atoms. The lowest BCUT2D eigenvalue weighted by Crippen LogP contribution is -2.23. The Bertz CT molecular complexity index is 612. The molecule has 1 heterocycles. The Balaban J connectivity index is 2.42. The van der Waals surface area contributed by atoms with Crippen LogP contribution in [0.1, 0.15) is 35.4 Å². The minimum Gasteiger partial charge on any atom is -0.496 e. The first-order valence-corrected chi connectivity index (χ1v) is 7.76. The molecule has 0 fully saturated rings. The van der Waals surface area contributed by atoms with Crippen LogP contribution in [-0.4, -0.2) is 13.7 Å². The number of thiophene rings is 1. The molecule has 0 radical (unpaired) electrons. The van der Waals surface area contributed by atoms with Crippen molar-refractivity contribution in [2.45, 2.75) is 26.3 Å². The standard InChI is InChI=1S/C16H19F2NOS/c1-4-5-19-16(15-7-11(20-3)9-21-15)12-6-10(2)13(17)8-14(12)18/h6-9,16,19H,4-5H2,1-3H3. The van der Waals surface area contributed by atoms with E-state index in [2.05, 4.69) is 5.32 Å². The number of nitrogens with one attached hydrogen (secondary N) is 1. The number of halogens is 2. The van der Waals surface area contributed by atoms with Gasteiger partial charge in [-0.05, 0) is 37.6 Å². The fraction of sp³-hybridized carbons (Fsp3) is 0.375. The molecule has 2 nitrogen and oxygen atoms in total. The molecule has 2 rings (SSSR count). The van der Waals surface area contributed by atoms with Crippen molar-refractivity contribution in [2.24, 2.45) is 0 Å². The van der Waals surface area contributed by atoms with E-state index in [1.807, 2.05) is 18.4 Å². The van der Waals surface area contributed by atoms with Gasteiger partial charge in [-0.15, -0.1) is 11.3 Å². The van der Waals surface area contributed by atoms with Gasteiger partial charge in [0.1, 0.15) is 17.4 Å². The van der Waals surface area contributed by atoms with Gasteiger partial charge < -0.3 is 10.1 Å². The van der Waals surface area contributed by atoms with Gasteiger partial charge in [0.2, 0.25) is 0 Å². The van der Waals surface area contributed by atoms with E-state index in [-0.39, 0.29) is 6.04 Å². The monoisotopic (exact) mass is 311 g/mol. The summed E-state index contributed by atoms with van der Waals surface area (Å²) >= 11 is 1.50. The Hall–Kier alpha value is -1.46. The van der Waals surface area contributed by atoms with Gasteiger partial charge >= 0.3 is 0 Å². The van der Waals surface area contributed by atoms with E-state index in [0.29, 0.717) is 11.1 Å². The van der Waals surface area contributed by atoms with Crippen LogP contribution in [0.2, 0.25) is 0 Å². The summed E-state index contributed by atoms with van der Waals surface area (Å²) in [5.41, 5.74) is 0.907. The molecule has 1 N–H and O–H groups in total. The number of rotatable bonds is 6. The molecule has 1 unspecified atom stereocenters. The van der Waals surface area contributed by atoms with Gasteiger partial charge in [-0.1, -0.05) is 6.92 Å². The van der Waals surface area contributed by atoms with Crippen molar-refractivity contribution in [1.82, 2.24) is 5.32 Å². The SMILES string of the molecule is CCCNC(c1cc(OC)cs1)c1cc(C)c(F)cc1F. The molecule has 0 aliphatic heterocycles. The van der Waals surface area contributed by atoms with Crippen LogP contribution in [0.3, 0.4) is 0 Å². The molecule has 1 atom stereocenters. The van der Waals surface area contributed by atoms with Crippen molar-refractivity contribution in [3.05, 3.63) is 51.2 Å². The maximum atomic E-state index is 14.2. The lowest BCUT2D eigenvalue weighted by molar-refractivity contribution is 0.416. The molecule has 2 aromatic rings. The second-order valence-electron chi connectivity index (χ2n) is 4.90. The van der Waals surface area contributed by atoms with Gasteiger partial charge in [0, 0.05) is 21.9 Å². The van der Waals surface area contributed by atoms with Crippen molar-refractivity contribution < 1.29 is 13.5 Å². The molecule has 114 valence electrons. The summed E-state index contributed by atoms with van der Waals surface area (Å²) < 4.78 is 32.8. The first-order valence-electron chi connectivity index (χ1n) is 6.88. The van der Waals surface area contributed by atoms with E-state index in [1.165, 1.54) is 11.3 Å². The zero-order valence-electron chi connectivity index (χ0n) is 12.4. The Morgan fingerprint density at radius 2 is 2.00 bits per heavy atom. The normalized spacial score (nSPS) is 12.4. The number of methoxy groups -OCH3 is 1. The molecule has 0 saturated heterocycles. The Labute approximate surface area is 127 Å². The van der Waals surface area contributed by atoms with Crippen LogP contribution in [0.5, 0.6) is 5.75 Å². The minimum atomic E-state index is -0.529. The van der Waals surface area contributed by atoms with Crippen molar-refractivity contribution in [2.75, 3.05) is 13.7 Å². The van der Waals surface area contributed by atoms with Crippen LogP contribution < -0.4 is 10.1 Å². The van der Waals surface area contributed by atoms with Crippen molar-refractivity contribution >= 4 is 11.3 Å². The molecule has 0 saturated carbocycles. The van der Waals surface area contributed by atoms with Crippen LogP contribution in [0.25, 0.3) is 0 Å². The third-order valence-electron chi connectivity index (χ3n) is 3.30. The predicted molar refractivity (Wildman–Crippen MR) is 82.1 cm³/mol. The predicted octanol–water partition coefficient (Wildman–Crippen LogP) is 4.43. The van der Waals surface area contributed by atoms with Crippen LogP contribution >= 0.6 is 11.3 Å². The van der Waals surface area contributed by atoms with E-state index in [1.54, 1.807) is 20.1 Å². The van der Waals surface area contributed by atoms with Gasteiger partial charge in [-0.2, -0.15) is 0 Å². The highest BCUT2D eigenvalue weighted by Gasteiger charge is 2.21. The molecule has 0 bridgehead atoms. The average molecular weight is 311 g/mol. The first-order chi connectivity index (χ1) is 10.1. The summed E-state index contributed by atoms with van der Waals surface area (Å²) in [7, 11) is 1.60. The smallest absolute Gasteiger partial charge is 0.131 e. The van der Waals surface area contributed by atoms with Gasteiger partial charge in [0.15, 0.2) is 0 Å². The lowest BCUT2D eigenvalue weighted by atomic mass is 10.0. The summed E-state index contributed by atoms with van der Waals surface area (Å²) in [5.74, 6) is -0.300. The molecule has 0 amide bonds. The van der Waals surface area contributed by atoms with Crippen LogP contribution in [0, 0.1) is 18.6 Å². The second-order valence-corrected chi connectivity index (χ2v) is 5.84. The number of hydrogen-bond donors (Lipinski definition) is 1. The third kappa shape index (κ3) is 3.60.